The Morgan fingerprint density at radius 1 is 1.19 bits per heavy atom. The molecule has 7 heteroatoms. The summed E-state index contributed by atoms with van der Waals surface area (Å²) in [5.74, 6) is -0.971. The van der Waals surface area contributed by atoms with E-state index in [-0.39, 0.29) is 16.8 Å². The maximum atomic E-state index is 13.9. The second kappa shape index (κ2) is 7.52. The van der Waals surface area contributed by atoms with Crippen molar-refractivity contribution in [2.45, 2.75) is 44.4 Å². The van der Waals surface area contributed by atoms with Crippen molar-refractivity contribution in [1.29, 1.82) is 5.26 Å². The van der Waals surface area contributed by atoms with Crippen LogP contribution in [0.25, 0.3) is 22.0 Å². The molecule has 3 aromatic rings. The van der Waals surface area contributed by atoms with E-state index in [4.69, 9.17) is 26.8 Å². The van der Waals surface area contributed by atoms with Gasteiger partial charge in [0.1, 0.15) is 5.82 Å². The molecule has 5 rings (SSSR count). The summed E-state index contributed by atoms with van der Waals surface area (Å²) in [6.45, 7) is 3.25. The lowest BCUT2D eigenvalue weighted by molar-refractivity contribution is -0.181. The Morgan fingerprint density at radius 2 is 1.90 bits per heavy atom. The molecule has 1 spiro atoms. The highest BCUT2D eigenvalue weighted by atomic mass is 35.5. The van der Waals surface area contributed by atoms with Gasteiger partial charge < -0.3 is 19.8 Å². The van der Waals surface area contributed by atoms with E-state index in [1.807, 2.05) is 19.1 Å². The molecule has 160 valence electrons. The number of halogens is 2. The van der Waals surface area contributed by atoms with E-state index < -0.39 is 11.6 Å². The number of anilines is 1. The molecular formula is C24H23ClFN3O2. The number of fused-ring (bicyclic) bond motifs is 1. The lowest BCUT2D eigenvalue weighted by atomic mass is 9.89. The summed E-state index contributed by atoms with van der Waals surface area (Å²) in [7, 11) is 0. The summed E-state index contributed by atoms with van der Waals surface area (Å²) < 4.78 is 27.9. The minimum atomic E-state index is -0.541. The lowest BCUT2D eigenvalue weighted by Crippen LogP contribution is -2.35. The molecule has 2 aromatic carbocycles. The summed E-state index contributed by atoms with van der Waals surface area (Å²) in [5, 5.41) is 10.7. The van der Waals surface area contributed by atoms with Crippen LogP contribution in [0, 0.1) is 24.1 Å². The van der Waals surface area contributed by atoms with Crippen molar-refractivity contribution < 1.29 is 13.9 Å². The zero-order valence-corrected chi connectivity index (χ0v) is 18.0. The SMILES string of the molecule is Cc1cc2c(cc1C#N)c(-c1ccc(F)c(N)c1Cl)cn2C1CCC2(CC1)OCCO2. The quantitative estimate of drug-likeness (QED) is 0.518. The van der Waals surface area contributed by atoms with Crippen LogP contribution in [0.1, 0.15) is 42.9 Å². The molecule has 2 N–H and O–H groups in total. The molecule has 1 saturated heterocycles. The summed E-state index contributed by atoms with van der Waals surface area (Å²) >= 11 is 6.44. The Labute approximate surface area is 185 Å². The molecule has 31 heavy (non-hydrogen) atoms. The predicted molar refractivity (Wildman–Crippen MR) is 118 cm³/mol. The van der Waals surface area contributed by atoms with E-state index in [0.29, 0.717) is 24.3 Å². The van der Waals surface area contributed by atoms with Crippen LogP contribution >= 0.6 is 11.6 Å². The van der Waals surface area contributed by atoms with Crippen LogP contribution in [-0.4, -0.2) is 23.6 Å². The largest absolute Gasteiger partial charge is 0.395 e. The van der Waals surface area contributed by atoms with E-state index in [2.05, 4.69) is 16.8 Å². The van der Waals surface area contributed by atoms with Crippen LogP contribution in [0.3, 0.4) is 0 Å². The number of rotatable bonds is 2. The highest BCUT2D eigenvalue weighted by molar-refractivity contribution is 6.36. The number of ether oxygens (including phenoxy) is 2. The molecule has 2 fully saturated rings. The third-order valence-corrected chi connectivity index (χ3v) is 7.05. The maximum Gasteiger partial charge on any atom is 0.168 e. The minimum Gasteiger partial charge on any atom is -0.395 e. The number of hydrogen-bond acceptors (Lipinski definition) is 4. The first-order valence-corrected chi connectivity index (χ1v) is 10.9. The molecule has 0 amide bonds. The highest BCUT2D eigenvalue weighted by Crippen LogP contribution is 2.45. The Balaban J connectivity index is 1.64. The van der Waals surface area contributed by atoms with E-state index >= 15 is 0 Å². The molecular weight excluding hydrogens is 417 g/mol. The molecule has 1 saturated carbocycles. The number of aromatic nitrogens is 1. The third-order valence-electron chi connectivity index (χ3n) is 6.64. The number of nitriles is 1. The van der Waals surface area contributed by atoms with Crippen molar-refractivity contribution in [2.24, 2.45) is 0 Å². The van der Waals surface area contributed by atoms with Crippen LogP contribution in [0.2, 0.25) is 5.02 Å². The minimum absolute atomic E-state index is 0.0668. The highest BCUT2D eigenvalue weighted by Gasteiger charge is 2.41. The average Bonchev–Trinajstić information content (AvgIpc) is 3.37. The molecule has 0 unspecified atom stereocenters. The topological polar surface area (TPSA) is 73.2 Å². The fourth-order valence-electron chi connectivity index (χ4n) is 4.92. The van der Waals surface area contributed by atoms with Gasteiger partial charge in [-0.15, -0.1) is 0 Å². The predicted octanol–water partition coefficient (Wildman–Crippen LogP) is 5.72. The molecule has 1 aliphatic carbocycles. The van der Waals surface area contributed by atoms with Gasteiger partial charge in [-0.2, -0.15) is 5.26 Å². The Morgan fingerprint density at radius 3 is 2.58 bits per heavy atom. The standard InChI is InChI=1S/C24H23ClFN3O2/c1-14-10-21-18(11-15(14)12-27)19(17-2-3-20(26)23(28)22(17)25)13-29(21)16-4-6-24(7-5-16)30-8-9-31-24/h2-3,10-11,13,16H,4-9,28H2,1H3. The van der Waals surface area contributed by atoms with Gasteiger partial charge in [0, 0.05) is 47.1 Å². The van der Waals surface area contributed by atoms with E-state index in [9.17, 15) is 9.65 Å². The van der Waals surface area contributed by atoms with Crippen LogP contribution in [0.5, 0.6) is 0 Å². The van der Waals surface area contributed by atoms with Crippen molar-refractivity contribution in [1.82, 2.24) is 4.57 Å². The van der Waals surface area contributed by atoms with Gasteiger partial charge in [-0.1, -0.05) is 11.6 Å². The lowest BCUT2D eigenvalue weighted by Gasteiger charge is -2.36. The summed E-state index contributed by atoms with van der Waals surface area (Å²) in [6, 6.07) is 9.44. The first-order chi connectivity index (χ1) is 14.9. The Bertz CT molecular complexity index is 1210. The van der Waals surface area contributed by atoms with Gasteiger partial charge in [0.15, 0.2) is 5.79 Å². The fourth-order valence-corrected chi connectivity index (χ4v) is 5.18. The monoisotopic (exact) mass is 439 g/mol. The number of benzene rings is 2. The van der Waals surface area contributed by atoms with Crippen LogP contribution in [-0.2, 0) is 9.47 Å². The van der Waals surface area contributed by atoms with Gasteiger partial charge in [0.25, 0.3) is 0 Å². The first kappa shape index (κ1) is 20.3. The summed E-state index contributed by atoms with van der Waals surface area (Å²) in [4.78, 5) is 0. The molecule has 2 aliphatic rings. The zero-order chi connectivity index (χ0) is 21.8. The number of aryl methyl sites for hydroxylation is 1. The van der Waals surface area contributed by atoms with Gasteiger partial charge in [-0.05, 0) is 49.6 Å². The van der Waals surface area contributed by atoms with Gasteiger partial charge in [-0.3, -0.25) is 0 Å². The van der Waals surface area contributed by atoms with Gasteiger partial charge in [0.2, 0.25) is 0 Å². The van der Waals surface area contributed by atoms with Crippen molar-refractivity contribution >= 4 is 28.2 Å². The van der Waals surface area contributed by atoms with Crippen molar-refractivity contribution in [3.05, 3.63) is 52.4 Å². The van der Waals surface area contributed by atoms with Gasteiger partial charge >= 0.3 is 0 Å². The van der Waals surface area contributed by atoms with Crippen molar-refractivity contribution in [3.63, 3.8) is 0 Å². The van der Waals surface area contributed by atoms with E-state index in [1.54, 1.807) is 6.07 Å². The van der Waals surface area contributed by atoms with Crippen LogP contribution in [0.4, 0.5) is 10.1 Å². The fraction of sp³-hybridized carbons (Fsp3) is 0.375. The molecule has 1 aromatic heterocycles. The molecule has 0 bridgehead atoms. The summed E-state index contributed by atoms with van der Waals surface area (Å²) in [6.07, 6.45) is 5.57. The van der Waals surface area contributed by atoms with Gasteiger partial charge in [0.05, 0.1) is 35.6 Å². The smallest absolute Gasteiger partial charge is 0.168 e. The second-order valence-corrected chi connectivity index (χ2v) is 8.79. The number of nitrogens with two attached hydrogens (primary N) is 1. The molecule has 2 heterocycles. The Kier molecular flexibility index (Phi) is 4.93. The van der Waals surface area contributed by atoms with Gasteiger partial charge in [-0.25, -0.2) is 4.39 Å². The van der Waals surface area contributed by atoms with Crippen LogP contribution < -0.4 is 5.73 Å². The Hall–Kier alpha value is -2.59. The molecule has 0 atom stereocenters. The van der Waals surface area contributed by atoms with E-state index in [0.717, 1.165) is 47.7 Å². The number of nitrogens with zero attached hydrogens (tertiary/aromatic N) is 2. The first-order valence-electron chi connectivity index (χ1n) is 10.5. The maximum absolute atomic E-state index is 13.9. The zero-order valence-electron chi connectivity index (χ0n) is 17.3. The van der Waals surface area contributed by atoms with Crippen LogP contribution in [0.15, 0.2) is 30.5 Å². The normalized spacial score (nSPS) is 18.6. The molecule has 1 aliphatic heterocycles. The van der Waals surface area contributed by atoms with E-state index in [1.165, 1.54) is 6.07 Å². The van der Waals surface area contributed by atoms with Crippen molar-refractivity contribution in [2.75, 3.05) is 18.9 Å². The van der Waals surface area contributed by atoms with Crippen molar-refractivity contribution in [3.8, 4) is 17.2 Å². The third kappa shape index (κ3) is 3.28. The second-order valence-electron chi connectivity index (χ2n) is 8.41. The summed E-state index contributed by atoms with van der Waals surface area (Å²) in [5.41, 5.74) is 9.85. The molecule has 5 nitrogen and oxygen atoms in total. The molecule has 0 radical (unpaired) electrons. The number of nitrogen functional groups attached to an aromatic ring is 1. The average molecular weight is 440 g/mol. The number of hydrogen-bond donors (Lipinski definition) is 1.